The number of carbonyl (C=O) groups excluding carboxylic acids is 3. The van der Waals surface area contributed by atoms with E-state index in [1.165, 1.54) is 263 Å². The molecule has 1 atom stereocenters. The van der Waals surface area contributed by atoms with E-state index in [2.05, 4.69) is 69.4 Å². The number of esters is 3. The predicted molar refractivity (Wildman–Crippen MR) is 344 cm³/mol. The Morgan fingerprint density at radius 2 is 0.456 bits per heavy atom. The minimum atomic E-state index is -0.776. The van der Waals surface area contributed by atoms with Crippen molar-refractivity contribution in [1.29, 1.82) is 0 Å². The second kappa shape index (κ2) is 67.9. The van der Waals surface area contributed by atoms with Gasteiger partial charge in [0, 0.05) is 19.3 Å². The van der Waals surface area contributed by atoms with Crippen molar-refractivity contribution in [2.75, 3.05) is 13.2 Å². The van der Waals surface area contributed by atoms with Crippen molar-refractivity contribution in [2.24, 2.45) is 0 Å². The normalized spacial score (nSPS) is 12.3. The summed E-state index contributed by atoms with van der Waals surface area (Å²) in [6.07, 6.45) is 85.6. The highest BCUT2D eigenvalue weighted by atomic mass is 16.6. The van der Waals surface area contributed by atoms with Gasteiger partial charge in [-0.1, -0.05) is 326 Å². The van der Waals surface area contributed by atoms with Gasteiger partial charge in [-0.25, -0.2) is 0 Å². The summed E-state index contributed by atoms with van der Waals surface area (Å²) < 4.78 is 17.0. The van der Waals surface area contributed by atoms with Crippen LogP contribution in [0, 0.1) is 0 Å². The van der Waals surface area contributed by atoms with E-state index in [1.54, 1.807) is 0 Å². The Balaban J connectivity index is 4.27. The summed E-state index contributed by atoms with van der Waals surface area (Å²) in [5.74, 6) is -0.854. The van der Waals surface area contributed by atoms with Gasteiger partial charge < -0.3 is 14.2 Å². The molecule has 6 nitrogen and oxygen atoms in total. The maximum Gasteiger partial charge on any atom is 0.306 e. The third kappa shape index (κ3) is 66.1. The van der Waals surface area contributed by atoms with Gasteiger partial charge in [-0.2, -0.15) is 0 Å². The summed E-state index contributed by atoms with van der Waals surface area (Å²) in [4.78, 5) is 38.4. The highest BCUT2D eigenvalue weighted by Gasteiger charge is 2.19. The van der Waals surface area contributed by atoms with Gasteiger partial charge >= 0.3 is 17.9 Å². The minimum Gasteiger partial charge on any atom is -0.462 e. The second-order valence-corrected chi connectivity index (χ2v) is 23.8. The van der Waals surface area contributed by atoms with E-state index in [0.717, 1.165) is 77.0 Å². The molecule has 0 amide bonds. The molecule has 0 aromatic carbocycles. The fraction of sp³-hybridized carbons (Fsp3) is 0.849. The maximum absolute atomic E-state index is 12.9. The number of allylic oxidation sites excluding steroid dienone is 8. The lowest BCUT2D eigenvalue weighted by molar-refractivity contribution is -0.167. The van der Waals surface area contributed by atoms with Crippen LogP contribution >= 0.6 is 0 Å². The van der Waals surface area contributed by atoms with E-state index in [-0.39, 0.29) is 31.1 Å². The average Bonchev–Trinajstić information content (AvgIpc) is 3.45. The van der Waals surface area contributed by atoms with Gasteiger partial charge in [0.15, 0.2) is 6.10 Å². The quantitative estimate of drug-likeness (QED) is 0.0261. The molecule has 0 aliphatic carbocycles. The molecule has 0 fully saturated rings. The van der Waals surface area contributed by atoms with Gasteiger partial charge in [-0.15, -0.1) is 0 Å². The first-order valence-corrected chi connectivity index (χ1v) is 35.1. The van der Waals surface area contributed by atoms with Crippen LogP contribution in [0.1, 0.15) is 380 Å². The minimum absolute atomic E-state index is 0.0717. The van der Waals surface area contributed by atoms with Crippen LogP contribution in [0.4, 0.5) is 0 Å². The summed E-state index contributed by atoms with van der Waals surface area (Å²) in [6.45, 7) is 6.68. The second-order valence-electron chi connectivity index (χ2n) is 23.8. The molecule has 0 saturated heterocycles. The molecule has 0 radical (unpaired) electrons. The average molecular weight is 1110 g/mol. The van der Waals surface area contributed by atoms with Crippen molar-refractivity contribution in [2.45, 2.75) is 386 Å². The zero-order valence-corrected chi connectivity index (χ0v) is 53.2. The third-order valence-corrected chi connectivity index (χ3v) is 15.8. The molecular formula is C73H134O6. The molecule has 0 rings (SSSR count). The molecule has 1 unspecified atom stereocenters. The molecule has 0 aliphatic rings. The van der Waals surface area contributed by atoms with Crippen molar-refractivity contribution < 1.29 is 28.6 Å². The first-order chi connectivity index (χ1) is 39.0. The summed E-state index contributed by atoms with van der Waals surface area (Å²) in [5, 5.41) is 0. The highest BCUT2D eigenvalue weighted by Crippen LogP contribution is 2.18. The van der Waals surface area contributed by atoms with Gasteiger partial charge in [-0.05, 0) is 83.5 Å². The van der Waals surface area contributed by atoms with Crippen molar-refractivity contribution >= 4 is 17.9 Å². The zero-order valence-electron chi connectivity index (χ0n) is 53.2. The van der Waals surface area contributed by atoms with Crippen LogP contribution in [0.15, 0.2) is 48.6 Å². The predicted octanol–water partition coefficient (Wildman–Crippen LogP) is 24.1. The summed E-state index contributed by atoms with van der Waals surface area (Å²) in [6, 6.07) is 0. The monoisotopic (exact) mass is 1110 g/mol. The van der Waals surface area contributed by atoms with Crippen LogP contribution in [0.2, 0.25) is 0 Å². The number of carbonyl (C=O) groups is 3. The van der Waals surface area contributed by atoms with Crippen molar-refractivity contribution in [3.05, 3.63) is 48.6 Å². The lowest BCUT2D eigenvalue weighted by atomic mass is 10.0. The molecule has 0 N–H and O–H groups in total. The fourth-order valence-corrected chi connectivity index (χ4v) is 10.5. The number of rotatable bonds is 65. The Morgan fingerprint density at radius 1 is 0.253 bits per heavy atom. The van der Waals surface area contributed by atoms with Gasteiger partial charge in [0.05, 0.1) is 0 Å². The number of unbranched alkanes of at least 4 members (excludes halogenated alkanes) is 46. The molecule has 462 valence electrons. The maximum atomic E-state index is 12.9. The van der Waals surface area contributed by atoms with E-state index in [0.29, 0.717) is 19.3 Å². The lowest BCUT2D eigenvalue weighted by Crippen LogP contribution is -2.30. The number of hydrogen-bond acceptors (Lipinski definition) is 6. The molecule has 0 saturated carbocycles. The third-order valence-electron chi connectivity index (χ3n) is 15.8. The smallest absolute Gasteiger partial charge is 0.306 e. The van der Waals surface area contributed by atoms with Crippen molar-refractivity contribution in [1.82, 2.24) is 0 Å². The Labute approximate surface area is 492 Å². The summed E-state index contributed by atoms with van der Waals surface area (Å²) in [5.41, 5.74) is 0. The van der Waals surface area contributed by atoms with Crippen LogP contribution in [0.3, 0.4) is 0 Å². The largest absolute Gasteiger partial charge is 0.462 e. The van der Waals surface area contributed by atoms with E-state index in [1.807, 2.05) is 0 Å². The first-order valence-electron chi connectivity index (χ1n) is 35.1. The molecule has 0 heterocycles. The van der Waals surface area contributed by atoms with E-state index in [4.69, 9.17) is 14.2 Å². The SMILES string of the molecule is CCCCCCC/C=C\C/C=C\C/C=C\CCCCCCCCCCC(=O)OC(COC(=O)CCCCCCCCCCCCCCC)COC(=O)CCCCCCCCCCCCCCC/C=C\CCCCCCCCCC. The Morgan fingerprint density at radius 3 is 0.722 bits per heavy atom. The molecule has 0 aromatic heterocycles. The van der Waals surface area contributed by atoms with Crippen LogP contribution in [0.5, 0.6) is 0 Å². The molecular weight excluding hydrogens is 973 g/mol. The van der Waals surface area contributed by atoms with Crippen LogP contribution in [-0.2, 0) is 28.6 Å². The topological polar surface area (TPSA) is 78.9 Å². The fourth-order valence-electron chi connectivity index (χ4n) is 10.5. The number of ether oxygens (including phenoxy) is 3. The van der Waals surface area contributed by atoms with Crippen molar-refractivity contribution in [3.63, 3.8) is 0 Å². The lowest BCUT2D eigenvalue weighted by Gasteiger charge is -2.18. The first kappa shape index (κ1) is 76.4. The molecule has 0 aliphatic heterocycles. The van der Waals surface area contributed by atoms with Crippen LogP contribution < -0.4 is 0 Å². The Bertz CT molecular complexity index is 1360. The van der Waals surface area contributed by atoms with Gasteiger partial charge in [-0.3, -0.25) is 14.4 Å². The number of hydrogen-bond donors (Lipinski definition) is 0. The molecule has 0 spiro atoms. The highest BCUT2D eigenvalue weighted by molar-refractivity contribution is 5.71. The van der Waals surface area contributed by atoms with Crippen molar-refractivity contribution in [3.8, 4) is 0 Å². The standard InChI is InChI=1S/C73H134O6/c1-4-7-10-13-16-19-22-25-27-29-31-33-35-36-38-39-41-43-45-48-51-54-57-60-63-66-72(75)78-69-70(68-77-71(74)65-62-59-56-53-50-47-24-21-18-15-12-9-6-3)79-73(76)67-64-61-58-55-52-49-46-44-42-40-37-34-32-30-28-26-23-20-17-14-11-8-5-2/h23,26,29-32,37,40,70H,4-22,24-25,27-28,33-36,38-39,41-69H2,1-3H3/b26-23-,31-29-,32-30-,40-37-. The van der Waals surface area contributed by atoms with E-state index >= 15 is 0 Å². The summed E-state index contributed by atoms with van der Waals surface area (Å²) >= 11 is 0. The van der Waals surface area contributed by atoms with E-state index in [9.17, 15) is 14.4 Å². The molecule has 0 aromatic rings. The van der Waals surface area contributed by atoms with Gasteiger partial charge in [0.25, 0.3) is 0 Å². The van der Waals surface area contributed by atoms with Gasteiger partial charge in [0.1, 0.15) is 13.2 Å². The van der Waals surface area contributed by atoms with Crippen LogP contribution in [0.25, 0.3) is 0 Å². The summed E-state index contributed by atoms with van der Waals surface area (Å²) in [7, 11) is 0. The van der Waals surface area contributed by atoms with Crippen LogP contribution in [-0.4, -0.2) is 37.2 Å². The molecule has 6 heteroatoms. The van der Waals surface area contributed by atoms with E-state index < -0.39 is 6.10 Å². The Kier molecular flexibility index (Phi) is 65.6. The Hall–Kier alpha value is -2.63. The molecule has 0 bridgehead atoms. The molecule has 79 heavy (non-hydrogen) atoms. The zero-order chi connectivity index (χ0) is 57.1. The van der Waals surface area contributed by atoms with Gasteiger partial charge in [0.2, 0.25) is 0 Å².